The van der Waals surface area contributed by atoms with Gasteiger partial charge < -0.3 is 28.6 Å². The molecule has 7 rings (SSSR count). The van der Waals surface area contributed by atoms with Crippen LogP contribution in [0.1, 0.15) is 20.7 Å². The minimum Gasteiger partial charge on any atom is -0.491 e. The number of epoxide rings is 2. The molecule has 0 N–H and O–H groups in total. The van der Waals surface area contributed by atoms with Crippen LogP contribution in [-0.2, 0) is 9.47 Å². The number of carbonyl (C=O) groups excluding carboxylic acids is 2. The molecule has 0 aromatic heterocycles. The van der Waals surface area contributed by atoms with E-state index in [1.165, 1.54) is 0 Å². The van der Waals surface area contributed by atoms with Gasteiger partial charge in [0, 0.05) is 18.3 Å². The normalized spacial score (nSPS) is 17.0. The van der Waals surface area contributed by atoms with Gasteiger partial charge in [-0.3, -0.25) is 4.79 Å². The number of rotatable bonds is 10. The molecular formula is C35H29NO7. The lowest BCUT2D eigenvalue weighted by atomic mass is 10.1. The van der Waals surface area contributed by atoms with E-state index in [0.29, 0.717) is 35.8 Å². The fraction of sp³-hybridized carbons (Fsp3) is 0.200. The van der Waals surface area contributed by atoms with Crippen LogP contribution in [0, 0.1) is 0 Å². The smallest absolute Gasteiger partial charge is 0.343 e. The number of amides is 1. The molecule has 2 saturated heterocycles. The molecule has 2 aliphatic rings. The topological polar surface area (TPSA) is 90.1 Å². The largest absolute Gasteiger partial charge is 0.491 e. The van der Waals surface area contributed by atoms with Gasteiger partial charge in [-0.25, -0.2) is 4.79 Å². The number of esters is 1. The van der Waals surface area contributed by atoms with Gasteiger partial charge in [0.1, 0.15) is 42.7 Å². The number of ether oxygens (including phenoxy) is 5. The second-order valence-electron chi connectivity index (χ2n) is 10.7. The summed E-state index contributed by atoms with van der Waals surface area (Å²) < 4.78 is 27.5. The average molecular weight is 576 g/mol. The summed E-state index contributed by atoms with van der Waals surface area (Å²) in [6.07, 6.45) is 0.384. The number of nitrogens with zero attached hydrogens (tertiary/aromatic N) is 1. The van der Waals surface area contributed by atoms with Crippen LogP contribution in [0.25, 0.3) is 21.5 Å². The van der Waals surface area contributed by atoms with Crippen molar-refractivity contribution >= 4 is 39.1 Å². The van der Waals surface area contributed by atoms with Gasteiger partial charge in [0.15, 0.2) is 0 Å². The highest BCUT2D eigenvalue weighted by Gasteiger charge is 2.24. The number of hydrogen-bond acceptors (Lipinski definition) is 7. The maximum absolute atomic E-state index is 13.3. The fourth-order valence-electron chi connectivity index (χ4n) is 4.81. The number of carbonyl (C=O) groups is 2. The Hall–Kier alpha value is -4.92. The Kier molecular flexibility index (Phi) is 7.14. The van der Waals surface area contributed by atoms with Crippen molar-refractivity contribution < 1.29 is 33.3 Å². The zero-order valence-electron chi connectivity index (χ0n) is 23.5. The van der Waals surface area contributed by atoms with Crippen LogP contribution in [0.4, 0.5) is 5.69 Å². The Bertz CT molecular complexity index is 1830. The van der Waals surface area contributed by atoms with E-state index < -0.39 is 5.97 Å². The van der Waals surface area contributed by atoms with Crippen LogP contribution >= 0.6 is 0 Å². The molecule has 2 heterocycles. The van der Waals surface area contributed by atoms with Crippen molar-refractivity contribution in [3.8, 4) is 17.2 Å². The van der Waals surface area contributed by atoms with E-state index >= 15 is 0 Å². The lowest BCUT2D eigenvalue weighted by molar-refractivity contribution is 0.0734. The predicted molar refractivity (Wildman–Crippen MR) is 162 cm³/mol. The Morgan fingerprint density at radius 2 is 1.12 bits per heavy atom. The summed E-state index contributed by atoms with van der Waals surface area (Å²) in [7, 11) is 1.72. The van der Waals surface area contributed by atoms with Crippen LogP contribution in [0.3, 0.4) is 0 Å². The molecular weight excluding hydrogens is 546 g/mol. The van der Waals surface area contributed by atoms with Gasteiger partial charge in [-0.05, 0) is 94.3 Å². The molecule has 2 unspecified atom stereocenters. The van der Waals surface area contributed by atoms with Gasteiger partial charge in [0.2, 0.25) is 0 Å². The average Bonchev–Trinajstić information content (AvgIpc) is 3.98. The molecule has 0 radical (unpaired) electrons. The van der Waals surface area contributed by atoms with Crippen molar-refractivity contribution in [2.24, 2.45) is 0 Å². The molecule has 0 saturated carbocycles. The van der Waals surface area contributed by atoms with Gasteiger partial charge in [-0.1, -0.05) is 24.3 Å². The van der Waals surface area contributed by atoms with Gasteiger partial charge >= 0.3 is 5.97 Å². The molecule has 43 heavy (non-hydrogen) atoms. The first-order valence-electron chi connectivity index (χ1n) is 14.2. The molecule has 2 fully saturated rings. The van der Waals surface area contributed by atoms with Crippen LogP contribution in [0.15, 0.2) is 97.1 Å². The van der Waals surface area contributed by atoms with Crippen molar-refractivity contribution in [3.05, 3.63) is 108 Å². The summed E-state index contributed by atoms with van der Waals surface area (Å²) in [5.74, 6) is 1.32. The van der Waals surface area contributed by atoms with Crippen LogP contribution < -0.4 is 19.1 Å². The molecule has 0 spiro atoms. The van der Waals surface area contributed by atoms with Gasteiger partial charge in [0.25, 0.3) is 5.91 Å². The molecule has 0 aliphatic carbocycles. The number of hydrogen-bond donors (Lipinski definition) is 0. The second-order valence-corrected chi connectivity index (χ2v) is 10.7. The van der Waals surface area contributed by atoms with Crippen LogP contribution in [0.5, 0.6) is 17.2 Å². The molecule has 5 aromatic rings. The maximum Gasteiger partial charge on any atom is 0.343 e. The number of benzene rings is 5. The zero-order valence-corrected chi connectivity index (χ0v) is 23.5. The Morgan fingerprint density at radius 1 is 0.651 bits per heavy atom. The zero-order chi connectivity index (χ0) is 29.3. The molecule has 2 atom stereocenters. The minimum absolute atomic E-state index is 0.150. The van der Waals surface area contributed by atoms with E-state index in [2.05, 4.69) is 0 Å². The monoisotopic (exact) mass is 575 g/mol. The van der Waals surface area contributed by atoms with Crippen molar-refractivity contribution in [2.75, 3.05) is 38.4 Å². The Morgan fingerprint density at radius 3 is 1.67 bits per heavy atom. The van der Waals surface area contributed by atoms with E-state index in [9.17, 15) is 9.59 Å². The number of anilines is 1. The summed E-state index contributed by atoms with van der Waals surface area (Å²) >= 11 is 0. The van der Waals surface area contributed by atoms with Crippen LogP contribution in [-0.4, -0.2) is 57.6 Å². The van der Waals surface area contributed by atoms with Crippen molar-refractivity contribution in [1.82, 2.24) is 0 Å². The molecule has 0 bridgehead atoms. The van der Waals surface area contributed by atoms with Gasteiger partial charge in [-0.2, -0.15) is 0 Å². The Balaban J connectivity index is 0.983. The SMILES string of the molecule is CN(C(=O)c1ccc2cc(OCC3CO3)ccc2c1)c1ccc(OC(=O)c2ccc3cc(OCC4CO4)ccc3c2)cc1. The van der Waals surface area contributed by atoms with E-state index in [1.54, 1.807) is 48.3 Å². The maximum atomic E-state index is 13.3. The lowest BCUT2D eigenvalue weighted by Gasteiger charge is -2.18. The third-order valence-electron chi connectivity index (χ3n) is 7.52. The van der Waals surface area contributed by atoms with E-state index in [4.69, 9.17) is 23.7 Å². The molecule has 8 heteroatoms. The standard InChI is InChI=1S/C35H29NO7/c1-36(34(37)26-4-2-24-16-30(10-6-22(24)14-26)39-18-32-20-41-32)28-8-12-29(13-9-28)43-35(38)27-5-3-25-17-31(11-7-23(25)15-27)40-19-33-21-42-33/h2-17,32-33H,18-21H2,1H3. The third kappa shape index (κ3) is 6.30. The van der Waals surface area contributed by atoms with E-state index in [1.807, 2.05) is 60.7 Å². The Labute approximate surface area is 248 Å². The highest BCUT2D eigenvalue weighted by molar-refractivity contribution is 6.07. The highest BCUT2D eigenvalue weighted by Crippen LogP contribution is 2.27. The molecule has 5 aromatic carbocycles. The molecule has 216 valence electrons. The lowest BCUT2D eigenvalue weighted by Crippen LogP contribution is -2.26. The highest BCUT2D eigenvalue weighted by atomic mass is 16.6. The second kappa shape index (κ2) is 11.4. The first-order chi connectivity index (χ1) is 21.0. The summed E-state index contributed by atoms with van der Waals surface area (Å²) in [6, 6.07) is 29.4. The van der Waals surface area contributed by atoms with Crippen molar-refractivity contribution in [3.63, 3.8) is 0 Å². The molecule has 1 amide bonds. The molecule has 2 aliphatic heterocycles. The molecule has 8 nitrogen and oxygen atoms in total. The summed E-state index contributed by atoms with van der Waals surface area (Å²) in [4.78, 5) is 27.7. The summed E-state index contributed by atoms with van der Waals surface area (Å²) in [5, 5.41) is 3.81. The third-order valence-corrected chi connectivity index (χ3v) is 7.52. The summed E-state index contributed by atoms with van der Waals surface area (Å²) in [6.45, 7) is 2.58. The van der Waals surface area contributed by atoms with Gasteiger partial charge in [0.05, 0.1) is 18.8 Å². The van der Waals surface area contributed by atoms with Crippen LogP contribution in [0.2, 0.25) is 0 Å². The first-order valence-corrected chi connectivity index (χ1v) is 14.2. The van der Waals surface area contributed by atoms with E-state index in [0.717, 1.165) is 46.3 Å². The van der Waals surface area contributed by atoms with Crippen molar-refractivity contribution in [2.45, 2.75) is 12.2 Å². The predicted octanol–water partition coefficient (Wildman–Crippen LogP) is 6.04. The first kappa shape index (κ1) is 26.9. The minimum atomic E-state index is -0.462. The number of fused-ring (bicyclic) bond motifs is 2. The fourth-order valence-corrected chi connectivity index (χ4v) is 4.81. The van der Waals surface area contributed by atoms with E-state index in [-0.39, 0.29) is 18.1 Å². The van der Waals surface area contributed by atoms with Crippen molar-refractivity contribution in [1.29, 1.82) is 0 Å². The quantitative estimate of drug-likeness (QED) is 0.114. The summed E-state index contributed by atoms with van der Waals surface area (Å²) in [5.41, 5.74) is 1.68. The van der Waals surface area contributed by atoms with Gasteiger partial charge in [-0.15, -0.1) is 0 Å².